The van der Waals surface area contributed by atoms with E-state index in [2.05, 4.69) is 0 Å². The van der Waals surface area contributed by atoms with Gasteiger partial charge < -0.3 is 14.2 Å². The molecule has 0 aliphatic heterocycles. The molecule has 0 saturated carbocycles. The van der Waals surface area contributed by atoms with Crippen LogP contribution in [0.3, 0.4) is 0 Å². The van der Waals surface area contributed by atoms with Gasteiger partial charge in [0.15, 0.2) is 0 Å². The highest BCUT2D eigenvalue weighted by atomic mass is 16.6. The summed E-state index contributed by atoms with van der Waals surface area (Å²) in [6.45, 7) is 9.48. The zero-order valence-corrected chi connectivity index (χ0v) is 13.5. The molecule has 118 valence electrons. The van der Waals surface area contributed by atoms with E-state index in [0.29, 0.717) is 6.42 Å². The predicted octanol–water partition coefficient (Wildman–Crippen LogP) is 2.57. The summed E-state index contributed by atoms with van der Waals surface area (Å²) in [6, 6.07) is 0. The van der Waals surface area contributed by atoms with Crippen LogP contribution in [-0.2, 0) is 23.8 Å². The lowest BCUT2D eigenvalue weighted by Crippen LogP contribution is -2.40. The molecule has 0 rings (SSSR count). The van der Waals surface area contributed by atoms with Gasteiger partial charge in [-0.3, -0.25) is 9.59 Å². The molecule has 0 heterocycles. The molecule has 0 aromatic rings. The van der Waals surface area contributed by atoms with Gasteiger partial charge in [0.05, 0.1) is 25.7 Å². The first kappa shape index (κ1) is 18.9. The van der Waals surface area contributed by atoms with E-state index in [0.717, 1.165) is 6.42 Å². The van der Waals surface area contributed by atoms with Crippen LogP contribution in [0.4, 0.5) is 0 Å². The molecule has 0 bridgehead atoms. The fourth-order valence-electron chi connectivity index (χ4n) is 1.39. The van der Waals surface area contributed by atoms with Crippen LogP contribution in [0.25, 0.3) is 0 Å². The highest BCUT2D eigenvalue weighted by Crippen LogP contribution is 2.22. The zero-order chi connectivity index (χ0) is 15.8. The molecule has 0 aliphatic rings. The van der Waals surface area contributed by atoms with E-state index >= 15 is 0 Å². The summed E-state index contributed by atoms with van der Waals surface area (Å²) in [7, 11) is 1.32. The molecule has 0 spiro atoms. The van der Waals surface area contributed by atoms with Crippen LogP contribution < -0.4 is 0 Å². The van der Waals surface area contributed by atoms with Crippen molar-refractivity contribution in [2.45, 2.75) is 53.6 Å². The molecule has 0 aromatic heterocycles. The molecule has 0 saturated heterocycles. The maximum atomic E-state index is 11.9. The summed E-state index contributed by atoms with van der Waals surface area (Å²) in [6.07, 6.45) is 1.60. The number of methoxy groups -OCH3 is 1. The first-order valence-electron chi connectivity index (χ1n) is 7.17. The number of esters is 2. The van der Waals surface area contributed by atoms with Crippen LogP contribution >= 0.6 is 0 Å². The third-order valence-corrected chi connectivity index (χ3v) is 3.49. The molecule has 0 radical (unpaired) electrons. The van der Waals surface area contributed by atoms with Gasteiger partial charge >= 0.3 is 11.9 Å². The Bertz CT molecular complexity index is 315. The molecule has 5 nitrogen and oxygen atoms in total. The molecule has 0 amide bonds. The molecule has 3 atom stereocenters. The van der Waals surface area contributed by atoms with Crippen molar-refractivity contribution < 1.29 is 23.8 Å². The number of carbonyl (C=O) groups excluding carboxylic acids is 2. The van der Waals surface area contributed by atoms with E-state index in [9.17, 15) is 9.59 Å². The average molecular weight is 288 g/mol. The fraction of sp³-hybridized carbons (Fsp3) is 0.867. The smallest absolute Gasteiger partial charge is 0.317 e. The Morgan fingerprint density at radius 1 is 1.10 bits per heavy atom. The molecule has 0 aromatic carbocycles. The van der Waals surface area contributed by atoms with E-state index in [1.165, 1.54) is 7.11 Å². The zero-order valence-electron chi connectivity index (χ0n) is 13.5. The highest BCUT2D eigenvalue weighted by Gasteiger charge is 2.37. The molecular weight excluding hydrogens is 260 g/mol. The molecule has 0 aliphatic carbocycles. The number of hydrogen-bond donors (Lipinski definition) is 0. The van der Waals surface area contributed by atoms with Gasteiger partial charge in [0.2, 0.25) is 0 Å². The minimum Gasteiger partial charge on any atom is -0.468 e. The van der Waals surface area contributed by atoms with Crippen LogP contribution in [0.15, 0.2) is 0 Å². The molecule has 3 unspecified atom stereocenters. The van der Waals surface area contributed by atoms with E-state index in [4.69, 9.17) is 14.2 Å². The second kappa shape index (κ2) is 8.95. The summed E-state index contributed by atoms with van der Waals surface area (Å²) in [5.74, 6) is -0.906. The lowest BCUT2D eigenvalue weighted by molar-refractivity contribution is -0.167. The van der Waals surface area contributed by atoms with Gasteiger partial charge in [-0.2, -0.15) is 0 Å². The Kier molecular flexibility index (Phi) is 8.46. The van der Waals surface area contributed by atoms with Crippen molar-refractivity contribution in [2.75, 3.05) is 20.3 Å². The topological polar surface area (TPSA) is 61.8 Å². The summed E-state index contributed by atoms with van der Waals surface area (Å²) in [4.78, 5) is 23.6. The summed E-state index contributed by atoms with van der Waals surface area (Å²) in [5.41, 5.74) is -0.971. The van der Waals surface area contributed by atoms with Crippen molar-refractivity contribution >= 4 is 11.9 Å². The van der Waals surface area contributed by atoms with Crippen molar-refractivity contribution in [1.29, 1.82) is 0 Å². The quantitative estimate of drug-likeness (QED) is 0.610. The second-order valence-electron chi connectivity index (χ2n) is 5.50. The Hall–Kier alpha value is -1.10. The van der Waals surface area contributed by atoms with Gasteiger partial charge in [-0.15, -0.1) is 0 Å². The minimum atomic E-state index is -0.971. The number of ether oxygens (including phenoxy) is 3. The Balaban J connectivity index is 4.62. The Morgan fingerprint density at radius 3 is 2.15 bits per heavy atom. The average Bonchev–Trinajstić information content (AvgIpc) is 2.48. The van der Waals surface area contributed by atoms with Gasteiger partial charge in [0, 0.05) is 0 Å². The summed E-state index contributed by atoms with van der Waals surface area (Å²) in [5, 5.41) is 0. The lowest BCUT2D eigenvalue weighted by Gasteiger charge is -2.27. The van der Waals surface area contributed by atoms with E-state index in [-0.39, 0.29) is 31.2 Å². The SMILES string of the molecule is CCC(C)OCC(C)(COC(=O)C(C)CC)C(=O)OC. The van der Waals surface area contributed by atoms with Crippen LogP contribution in [0.5, 0.6) is 0 Å². The Morgan fingerprint density at radius 2 is 1.70 bits per heavy atom. The second-order valence-corrected chi connectivity index (χ2v) is 5.50. The lowest BCUT2D eigenvalue weighted by atomic mass is 9.93. The van der Waals surface area contributed by atoms with E-state index in [1.807, 2.05) is 20.8 Å². The van der Waals surface area contributed by atoms with Gasteiger partial charge in [0.1, 0.15) is 12.0 Å². The molecule has 20 heavy (non-hydrogen) atoms. The summed E-state index contributed by atoms with van der Waals surface area (Å²) < 4.78 is 15.6. The van der Waals surface area contributed by atoms with Crippen LogP contribution in [0.1, 0.15) is 47.5 Å². The van der Waals surface area contributed by atoms with Crippen molar-refractivity contribution in [1.82, 2.24) is 0 Å². The third kappa shape index (κ3) is 5.90. The van der Waals surface area contributed by atoms with Crippen LogP contribution in [0.2, 0.25) is 0 Å². The fourth-order valence-corrected chi connectivity index (χ4v) is 1.39. The third-order valence-electron chi connectivity index (χ3n) is 3.49. The first-order valence-corrected chi connectivity index (χ1v) is 7.17. The number of rotatable bonds is 9. The van der Waals surface area contributed by atoms with Crippen molar-refractivity contribution in [3.63, 3.8) is 0 Å². The number of hydrogen-bond acceptors (Lipinski definition) is 5. The van der Waals surface area contributed by atoms with Gasteiger partial charge in [-0.1, -0.05) is 20.8 Å². The molecule has 0 N–H and O–H groups in total. The van der Waals surface area contributed by atoms with Crippen LogP contribution in [0, 0.1) is 11.3 Å². The highest BCUT2D eigenvalue weighted by molar-refractivity contribution is 5.77. The monoisotopic (exact) mass is 288 g/mol. The summed E-state index contributed by atoms with van der Waals surface area (Å²) >= 11 is 0. The van der Waals surface area contributed by atoms with E-state index < -0.39 is 11.4 Å². The Labute approximate surface area is 122 Å². The maximum Gasteiger partial charge on any atom is 0.317 e. The predicted molar refractivity (Wildman–Crippen MR) is 76.2 cm³/mol. The normalized spacial score (nSPS) is 16.9. The van der Waals surface area contributed by atoms with Gasteiger partial charge in [-0.25, -0.2) is 0 Å². The standard InChI is InChI=1S/C15H28O5/c1-7-11(3)13(16)20-10-15(5,14(17)18-6)9-19-12(4)8-2/h11-12H,7-10H2,1-6H3. The number of carbonyl (C=O) groups is 2. The largest absolute Gasteiger partial charge is 0.468 e. The maximum absolute atomic E-state index is 11.9. The van der Waals surface area contributed by atoms with Crippen LogP contribution in [-0.4, -0.2) is 38.4 Å². The van der Waals surface area contributed by atoms with Crippen molar-refractivity contribution in [2.24, 2.45) is 11.3 Å². The van der Waals surface area contributed by atoms with Crippen molar-refractivity contribution in [3.05, 3.63) is 0 Å². The minimum absolute atomic E-state index is 0.0285. The molecule has 5 heteroatoms. The van der Waals surface area contributed by atoms with Gasteiger partial charge in [0.25, 0.3) is 0 Å². The molecular formula is C15H28O5. The van der Waals surface area contributed by atoms with Crippen molar-refractivity contribution in [3.8, 4) is 0 Å². The van der Waals surface area contributed by atoms with Gasteiger partial charge in [-0.05, 0) is 26.7 Å². The van der Waals surface area contributed by atoms with E-state index in [1.54, 1.807) is 13.8 Å². The first-order chi connectivity index (χ1) is 9.30. The molecule has 0 fully saturated rings.